The zero-order chi connectivity index (χ0) is 27.8. The molecule has 202 valence electrons. The van der Waals surface area contributed by atoms with Gasteiger partial charge >= 0.3 is 0 Å². The molecule has 2 aromatic carbocycles. The average molecular weight is 571 g/mol. The highest BCUT2D eigenvalue weighted by atomic mass is 35.5. The minimum atomic E-state index is -3.91. The van der Waals surface area contributed by atoms with Crippen LogP contribution >= 0.6 is 23.2 Å². The molecule has 1 atom stereocenters. The van der Waals surface area contributed by atoms with Crippen LogP contribution in [0.1, 0.15) is 56.0 Å². The smallest absolute Gasteiger partial charge is 0.244 e. The van der Waals surface area contributed by atoms with E-state index in [0.29, 0.717) is 34.1 Å². The van der Waals surface area contributed by atoms with Crippen LogP contribution in [-0.4, -0.2) is 56.3 Å². The lowest BCUT2D eigenvalue weighted by Gasteiger charge is -2.33. The fourth-order valence-electron chi connectivity index (χ4n) is 3.75. The monoisotopic (exact) mass is 569 g/mol. The van der Waals surface area contributed by atoms with Crippen LogP contribution in [0, 0.1) is 0 Å². The third-order valence-electron chi connectivity index (χ3n) is 5.77. The Kier molecular flexibility index (Phi) is 11.4. The normalized spacial score (nSPS) is 12.1. The first-order valence-corrected chi connectivity index (χ1v) is 14.6. The highest BCUT2D eigenvalue weighted by molar-refractivity contribution is 7.92. The Morgan fingerprint density at radius 3 is 2.30 bits per heavy atom. The fourth-order valence-corrected chi connectivity index (χ4v) is 4.92. The van der Waals surface area contributed by atoms with Gasteiger partial charge in [0.25, 0.3) is 0 Å². The van der Waals surface area contributed by atoms with E-state index in [-0.39, 0.29) is 23.9 Å². The largest absolute Gasteiger partial charge is 0.354 e. The van der Waals surface area contributed by atoms with Crippen LogP contribution in [0.2, 0.25) is 10.0 Å². The average Bonchev–Trinajstić information content (AvgIpc) is 2.84. The summed E-state index contributed by atoms with van der Waals surface area (Å²) in [4.78, 5) is 40.0. The number of unbranched alkanes of at least 4 members (excludes halogenated alkanes) is 1. The Morgan fingerprint density at radius 1 is 1.03 bits per heavy atom. The Hall–Kier alpha value is -2.62. The molecule has 0 bridgehead atoms. The minimum absolute atomic E-state index is 0.0144. The van der Waals surface area contributed by atoms with E-state index in [1.165, 1.54) is 24.0 Å². The maximum atomic E-state index is 13.7. The number of rotatable bonds is 13. The van der Waals surface area contributed by atoms with Crippen molar-refractivity contribution in [2.24, 2.45) is 0 Å². The molecule has 2 aromatic rings. The summed E-state index contributed by atoms with van der Waals surface area (Å²) in [5.41, 5.74) is 1.12. The lowest BCUT2D eigenvalue weighted by Crippen LogP contribution is -2.52. The summed E-state index contributed by atoms with van der Waals surface area (Å²) < 4.78 is 26.4. The Balaban J connectivity index is 2.46. The van der Waals surface area contributed by atoms with Gasteiger partial charge in [-0.15, -0.1) is 0 Å². The van der Waals surface area contributed by atoms with Crippen LogP contribution in [0.15, 0.2) is 42.5 Å². The number of nitrogens with zero attached hydrogens (tertiary/aromatic N) is 2. The highest BCUT2D eigenvalue weighted by Gasteiger charge is 2.31. The van der Waals surface area contributed by atoms with Gasteiger partial charge in [-0.25, -0.2) is 8.42 Å². The van der Waals surface area contributed by atoms with Gasteiger partial charge in [0.05, 0.1) is 22.0 Å². The Bertz CT molecular complexity index is 1240. The first-order valence-electron chi connectivity index (χ1n) is 12.0. The second-order valence-corrected chi connectivity index (χ2v) is 11.4. The van der Waals surface area contributed by atoms with Crippen LogP contribution in [0.25, 0.3) is 0 Å². The summed E-state index contributed by atoms with van der Waals surface area (Å²) >= 11 is 12.2. The number of anilines is 1. The van der Waals surface area contributed by atoms with Crippen LogP contribution in [0.4, 0.5) is 5.69 Å². The van der Waals surface area contributed by atoms with E-state index in [2.05, 4.69) is 5.32 Å². The molecule has 0 saturated carbocycles. The van der Waals surface area contributed by atoms with E-state index in [1.807, 2.05) is 6.92 Å². The second-order valence-electron chi connectivity index (χ2n) is 8.71. The van der Waals surface area contributed by atoms with Gasteiger partial charge in [-0.2, -0.15) is 0 Å². The Morgan fingerprint density at radius 2 is 1.73 bits per heavy atom. The molecule has 2 rings (SSSR count). The van der Waals surface area contributed by atoms with E-state index >= 15 is 0 Å². The molecular weight excluding hydrogens is 537 g/mol. The van der Waals surface area contributed by atoms with Crippen molar-refractivity contribution in [3.8, 4) is 0 Å². The van der Waals surface area contributed by atoms with Gasteiger partial charge in [-0.1, -0.05) is 61.7 Å². The van der Waals surface area contributed by atoms with Crippen molar-refractivity contribution in [2.75, 3.05) is 23.7 Å². The molecule has 0 fully saturated rings. The molecule has 2 amide bonds. The molecule has 0 unspecified atom stereocenters. The van der Waals surface area contributed by atoms with Crippen molar-refractivity contribution in [1.82, 2.24) is 10.2 Å². The number of sulfonamides is 1. The third-order valence-corrected chi connectivity index (χ3v) is 7.65. The summed E-state index contributed by atoms with van der Waals surface area (Å²) in [5, 5.41) is 3.51. The molecule has 0 aliphatic rings. The minimum Gasteiger partial charge on any atom is -0.354 e. The van der Waals surface area contributed by atoms with Gasteiger partial charge in [0, 0.05) is 18.7 Å². The van der Waals surface area contributed by atoms with Crippen molar-refractivity contribution in [1.29, 1.82) is 0 Å². The number of Topliss-reactive ketones (excluding diaryl/α,β-unsaturated/α-hetero) is 1. The Labute approximate surface area is 229 Å². The van der Waals surface area contributed by atoms with E-state index < -0.39 is 28.5 Å². The van der Waals surface area contributed by atoms with Crippen LogP contribution in [0.5, 0.6) is 0 Å². The first kappa shape index (κ1) is 30.6. The maximum Gasteiger partial charge on any atom is 0.244 e. The molecule has 0 aromatic heterocycles. The molecule has 0 spiro atoms. The number of ketones is 1. The molecule has 11 heteroatoms. The summed E-state index contributed by atoms with van der Waals surface area (Å²) in [6.45, 7) is 5.08. The summed E-state index contributed by atoms with van der Waals surface area (Å²) in [5.74, 6) is -1.14. The highest BCUT2D eigenvalue weighted by Crippen LogP contribution is 2.25. The van der Waals surface area contributed by atoms with Crippen molar-refractivity contribution in [3.05, 3.63) is 63.6 Å². The van der Waals surface area contributed by atoms with Crippen LogP contribution in [-0.2, 0) is 26.2 Å². The zero-order valence-electron chi connectivity index (χ0n) is 21.5. The summed E-state index contributed by atoms with van der Waals surface area (Å²) in [6, 6.07) is 10.1. The quantitative estimate of drug-likeness (QED) is 0.278. The molecule has 37 heavy (non-hydrogen) atoms. The topological polar surface area (TPSA) is 104 Å². The molecular formula is C26H33Cl2N3O5S. The van der Waals surface area contributed by atoms with Gasteiger partial charge in [0.15, 0.2) is 5.78 Å². The number of carbonyl (C=O) groups is 3. The van der Waals surface area contributed by atoms with Crippen molar-refractivity contribution >= 4 is 56.5 Å². The maximum absolute atomic E-state index is 13.7. The summed E-state index contributed by atoms with van der Waals surface area (Å²) in [6.07, 6.45) is 2.98. The fraction of sp³-hybridized carbons (Fsp3) is 0.423. The van der Waals surface area contributed by atoms with Gasteiger partial charge in [-0.05, 0) is 49.6 Å². The van der Waals surface area contributed by atoms with Gasteiger partial charge < -0.3 is 10.2 Å². The van der Waals surface area contributed by atoms with E-state index in [4.69, 9.17) is 23.2 Å². The van der Waals surface area contributed by atoms with Gasteiger partial charge in [-0.3, -0.25) is 18.7 Å². The zero-order valence-corrected chi connectivity index (χ0v) is 23.8. The number of halogens is 2. The lowest BCUT2D eigenvalue weighted by molar-refractivity contribution is -0.140. The molecule has 0 saturated heterocycles. The standard InChI is InChI=1S/C26H33Cl2N3O5S/c1-5-7-13-29-26(34)24(6-2)30(16-19-11-12-22(27)23(28)14-19)25(33)17-31(37(4,35)36)21-10-8-9-20(15-21)18(3)32/h8-12,14-15,24H,5-7,13,16-17H2,1-4H3,(H,29,34)/t24-/m0/s1. The number of hydrogen-bond acceptors (Lipinski definition) is 5. The first-order chi connectivity index (χ1) is 17.4. The van der Waals surface area contributed by atoms with E-state index in [0.717, 1.165) is 23.4 Å². The lowest BCUT2D eigenvalue weighted by atomic mass is 10.1. The summed E-state index contributed by atoms with van der Waals surface area (Å²) in [7, 11) is -3.91. The molecule has 0 aliphatic carbocycles. The number of amides is 2. The number of hydrogen-bond donors (Lipinski definition) is 1. The predicted octanol–water partition coefficient (Wildman–Crippen LogP) is 4.69. The van der Waals surface area contributed by atoms with Gasteiger partial charge in [0.2, 0.25) is 21.8 Å². The second kappa shape index (κ2) is 13.8. The molecule has 8 nitrogen and oxygen atoms in total. The molecule has 0 heterocycles. The third kappa shape index (κ3) is 8.72. The SMILES string of the molecule is CCCCNC(=O)[C@H](CC)N(Cc1ccc(Cl)c(Cl)c1)C(=O)CN(c1cccc(C(C)=O)c1)S(C)(=O)=O. The number of benzene rings is 2. The van der Waals surface area contributed by atoms with E-state index in [9.17, 15) is 22.8 Å². The van der Waals surface area contributed by atoms with Crippen molar-refractivity contribution in [3.63, 3.8) is 0 Å². The van der Waals surface area contributed by atoms with Crippen molar-refractivity contribution < 1.29 is 22.8 Å². The number of nitrogens with one attached hydrogen (secondary N) is 1. The number of carbonyl (C=O) groups excluding carboxylic acids is 3. The van der Waals surface area contributed by atoms with Gasteiger partial charge in [0.1, 0.15) is 12.6 Å². The van der Waals surface area contributed by atoms with E-state index in [1.54, 1.807) is 37.3 Å². The molecule has 0 radical (unpaired) electrons. The van der Waals surface area contributed by atoms with Crippen molar-refractivity contribution in [2.45, 2.75) is 52.6 Å². The van der Waals surface area contributed by atoms with Crippen LogP contribution in [0.3, 0.4) is 0 Å². The molecule has 1 N–H and O–H groups in total. The molecule has 0 aliphatic heterocycles. The predicted molar refractivity (Wildman–Crippen MR) is 148 cm³/mol. The van der Waals surface area contributed by atoms with Crippen LogP contribution < -0.4 is 9.62 Å².